The van der Waals surface area contributed by atoms with E-state index in [4.69, 9.17) is 0 Å². The van der Waals surface area contributed by atoms with Crippen LogP contribution in [0.4, 0.5) is 5.82 Å². The normalized spacial score (nSPS) is 30.9. The van der Waals surface area contributed by atoms with Crippen LogP contribution in [-0.2, 0) is 10.2 Å². The molecule has 0 radical (unpaired) electrons. The first-order valence-corrected chi connectivity index (χ1v) is 10.9. The van der Waals surface area contributed by atoms with Gasteiger partial charge in [-0.2, -0.15) is 22.7 Å². The topological polar surface area (TPSA) is 118 Å². The first kappa shape index (κ1) is 19.1. The predicted octanol–water partition coefficient (Wildman–Crippen LogP) is 1.24. The van der Waals surface area contributed by atoms with E-state index in [0.717, 1.165) is 16.9 Å². The fraction of sp³-hybridized carbons (Fsp3) is 0.611. The highest BCUT2D eigenvalue weighted by atomic mass is 32.2. The minimum absolute atomic E-state index is 0.0101. The maximum absolute atomic E-state index is 12.7. The summed E-state index contributed by atoms with van der Waals surface area (Å²) in [6.45, 7) is 4.37. The molecule has 0 amide bonds. The molecule has 1 aliphatic heterocycles. The van der Waals surface area contributed by atoms with Gasteiger partial charge in [-0.3, -0.25) is 0 Å². The van der Waals surface area contributed by atoms with Crippen LogP contribution in [0.2, 0.25) is 0 Å². The molecule has 28 heavy (non-hydrogen) atoms. The van der Waals surface area contributed by atoms with Gasteiger partial charge in [-0.25, -0.2) is 9.97 Å². The molecule has 1 aliphatic carbocycles. The van der Waals surface area contributed by atoms with Crippen LogP contribution in [0.5, 0.6) is 0 Å². The Kier molecular flexibility index (Phi) is 4.56. The van der Waals surface area contributed by atoms with E-state index < -0.39 is 15.6 Å². The predicted molar refractivity (Wildman–Crippen MR) is 106 cm³/mol. The molecule has 2 fully saturated rings. The second kappa shape index (κ2) is 6.69. The second-order valence-corrected chi connectivity index (χ2v) is 9.92. The molecule has 2 aromatic heterocycles. The van der Waals surface area contributed by atoms with Crippen molar-refractivity contribution in [1.82, 2.24) is 24.0 Å². The lowest BCUT2D eigenvalue weighted by Crippen LogP contribution is -2.55. The lowest BCUT2D eigenvalue weighted by molar-refractivity contribution is 0.307. The average molecular weight is 404 g/mol. The van der Waals surface area contributed by atoms with Crippen molar-refractivity contribution in [2.24, 2.45) is 11.3 Å². The summed E-state index contributed by atoms with van der Waals surface area (Å²) < 4.78 is 29.7. The number of H-pyrrole nitrogens is 1. The number of rotatable bonds is 5. The minimum Gasteiger partial charge on any atom is -0.356 e. The maximum atomic E-state index is 12.7. The number of hydrogen-bond acceptors (Lipinski definition) is 6. The molecular weight excluding hydrogens is 378 g/mol. The quantitative estimate of drug-likeness (QED) is 0.775. The molecule has 0 aromatic carbocycles. The fourth-order valence-corrected chi connectivity index (χ4v) is 5.64. The van der Waals surface area contributed by atoms with Gasteiger partial charge in [-0.15, -0.1) is 0 Å². The number of aromatic amines is 1. The largest absolute Gasteiger partial charge is 0.356 e. The molecule has 150 valence electrons. The van der Waals surface area contributed by atoms with Gasteiger partial charge < -0.3 is 9.88 Å². The molecule has 2 N–H and O–H groups in total. The number of fused-ring (bicyclic) bond motifs is 1. The summed E-state index contributed by atoms with van der Waals surface area (Å²) in [5, 5.41) is 10.3. The van der Waals surface area contributed by atoms with Crippen LogP contribution in [0.3, 0.4) is 0 Å². The van der Waals surface area contributed by atoms with E-state index in [2.05, 4.69) is 30.6 Å². The third-order valence-electron chi connectivity index (χ3n) is 6.31. The van der Waals surface area contributed by atoms with E-state index in [9.17, 15) is 13.7 Å². The van der Waals surface area contributed by atoms with E-state index in [1.807, 2.05) is 33.2 Å². The van der Waals surface area contributed by atoms with Crippen molar-refractivity contribution in [2.45, 2.75) is 38.8 Å². The molecule has 10 heteroatoms. The monoisotopic (exact) mass is 403 g/mol. The SMILES string of the molecule is C[C@H]1CN(S(=O)(=O)NC2CC(N(C)c3ncnc4[nH]ccc34)C2)C[C@]1(C)C#N. The molecule has 0 bridgehead atoms. The molecule has 1 saturated heterocycles. The summed E-state index contributed by atoms with van der Waals surface area (Å²) in [4.78, 5) is 13.8. The summed E-state index contributed by atoms with van der Waals surface area (Å²) in [5.74, 6) is 0.853. The van der Waals surface area contributed by atoms with E-state index in [1.54, 1.807) is 0 Å². The van der Waals surface area contributed by atoms with E-state index in [1.165, 1.54) is 10.6 Å². The number of nitriles is 1. The third-order valence-corrected chi connectivity index (χ3v) is 7.90. The first-order chi connectivity index (χ1) is 13.2. The minimum atomic E-state index is -3.59. The third kappa shape index (κ3) is 3.13. The Hall–Kier alpha value is -2.22. The fourth-order valence-electron chi connectivity index (χ4n) is 4.02. The van der Waals surface area contributed by atoms with Gasteiger partial charge in [0.1, 0.15) is 17.8 Å². The van der Waals surface area contributed by atoms with Gasteiger partial charge in [0.2, 0.25) is 0 Å². The number of nitrogens with zero attached hydrogens (tertiary/aromatic N) is 5. The van der Waals surface area contributed by atoms with Crippen LogP contribution in [0.15, 0.2) is 18.6 Å². The van der Waals surface area contributed by atoms with Gasteiger partial charge in [-0.05, 0) is 31.7 Å². The van der Waals surface area contributed by atoms with Crippen LogP contribution in [-0.4, -0.2) is 59.9 Å². The Morgan fingerprint density at radius 1 is 1.43 bits per heavy atom. The molecule has 4 rings (SSSR count). The molecule has 0 spiro atoms. The summed E-state index contributed by atoms with van der Waals surface area (Å²) in [5.41, 5.74) is 0.156. The molecular formula is C18H25N7O2S. The molecule has 3 heterocycles. The van der Waals surface area contributed by atoms with Crippen LogP contribution in [0.25, 0.3) is 11.0 Å². The van der Waals surface area contributed by atoms with E-state index >= 15 is 0 Å². The van der Waals surface area contributed by atoms with Crippen LogP contribution in [0.1, 0.15) is 26.7 Å². The van der Waals surface area contributed by atoms with E-state index in [0.29, 0.717) is 19.4 Å². The molecule has 2 aliphatic rings. The zero-order valence-electron chi connectivity index (χ0n) is 16.3. The number of anilines is 1. The molecule has 2 aromatic rings. The van der Waals surface area contributed by atoms with Gasteiger partial charge >= 0.3 is 0 Å². The smallest absolute Gasteiger partial charge is 0.279 e. The zero-order valence-corrected chi connectivity index (χ0v) is 17.1. The highest BCUT2D eigenvalue weighted by molar-refractivity contribution is 7.87. The summed E-state index contributed by atoms with van der Waals surface area (Å²) in [6, 6.07) is 4.32. The zero-order chi connectivity index (χ0) is 20.1. The molecule has 0 unspecified atom stereocenters. The van der Waals surface area contributed by atoms with Crippen molar-refractivity contribution in [3.8, 4) is 6.07 Å². The Labute approximate surface area is 164 Å². The lowest BCUT2D eigenvalue weighted by atomic mass is 9.83. The van der Waals surface area contributed by atoms with Crippen LogP contribution >= 0.6 is 0 Å². The highest BCUT2D eigenvalue weighted by Gasteiger charge is 2.46. The van der Waals surface area contributed by atoms with Crippen molar-refractivity contribution in [2.75, 3.05) is 25.0 Å². The van der Waals surface area contributed by atoms with Crippen LogP contribution < -0.4 is 9.62 Å². The molecule has 1 saturated carbocycles. The van der Waals surface area contributed by atoms with Crippen molar-refractivity contribution >= 4 is 27.1 Å². The summed E-state index contributed by atoms with van der Waals surface area (Å²) in [7, 11) is -1.61. The number of nitrogens with one attached hydrogen (secondary N) is 2. The van der Waals surface area contributed by atoms with E-state index in [-0.39, 0.29) is 24.5 Å². The maximum Gasteiger partial charge on any atom is 0.279 e. The number of hydrogen-bond donors (Lipinski definition) is 2. The number of aromatic nitrogens is 3. The van der Waals surface area contributed by atoms with Crippen molar-refractivity contribution in [3.63, 3.8) is 0 Å². The first-order valence-electron chi connectivity index (χ1n) is 9.43. The summed E-state index contributed by atoms with van der Waals surface area (Å²) in [6.07, 6.45) is 4.79. The Morgan fingerprint density at radius 3 is 2.86 bits per heavy atom. The summed E-state index contributed by atoms with van der Waals surface area (Å²) >= 11 is 0. The Morgan fingerprint density at radius 2 is 2.18 bits per heavy atom. The van der Waals surface area contributed by atoms with Crippen molar-refractivity contribution in [3.05, 3.63) is 18.6 Å². The Balaban J connectivity index is 1.38. The van der Waals surface area contributed by atoms with Crippen LogP contribution in [0, 0.1) is 22.7 Å². The van der Waals surface area contributed by atoms with Gasteiger partial charge in [0, 0.05) is 38.4 Å². The second-order valence-electron chi connectivity index (χ2n) is 8.22. The lowest BCUT2D eigenvalue weighted by Gasteiger charge is -2.42. The van der Waals surface area contributed by atoms with Crippen molar-refractivity contribution in [1.29, 1.82) is 5.26 Å². The van der Waals surface area contributed by atoms with Gasteiger partial charge in [-0.1, -0.05) is 6.92 Å². The van der Waals surface area contributed by atoms with Gasteiger partial charge in [0.25, 0.3) is 10.2 Å². The molecule has 9 nitrogen and oxygen atoms in total. The standard InChI is InChI=1S/C18H25N7O2S/c1-12-8-25(10-18(12,2)9-19)28(26,27)23-13-6-14(7-13)24(3)17-15-4-5-20-16(15)21-11-22-17/h4-5,11-14,23H,6-8,10H2,1-3H3,(H,20,21,22)/t12-,13?,14?,18-/m0/s1. The average Bonchev–Trinajstić information content (AvgIpc) is 3.22. The Bertz CT molecular complexity index is 1020. The highest BCUT2D eigenvalue weighted by Crippen LogP contribution is 2.37. The van der Waals surface area contributed by atoms with Crippen molar-refractivity contribution < 1.29 is 8.42 Å². The van der Waals surface area contributed by atoms with Gasteiger partial charge in [0.05, 0.1) is 16.9 Å². The van der Waals surface area contributed by atoms with Gasteiger partial charge in [0.15, 0.2) is 0 Å². The molecule has 2 atom stereocenters.